The number of amides is 1. The van der Waals surface area contributed by atoms with Crippen LogP contribution in [-0.2, 0) is 4.79 Å². The summed E-state index contributed by atoms with van der Waals surface area (Å²) in [6.45, 7) is 5.37. The highest BCUT2D eigenvalue weighted by Crippen LogP contribution is 1.88. The minimum atomic E-state index is -0.0419. The van der Waals surface area contributed by atoms with Crippen molar-refractivity contribution in [3.63, 3.8) is 0 Å². The van der Waals surface area contributed by atoms with Gasteiger partial charge in [-0.15, -0.1) is 0 Å². The summed E-state index contributed by atoms with van der Waals surface area (Å²) >= 11 is 0. The zero-order valence-electron chi connectivity index (χ0n) is 5.76. The van der Waals surface area contributed by atoms with Crippen molar-refractivity contribution in [3.8, 4) is 0 Å². The van der Waals surface area contributed by atoms with Gasteiger partial charge in [0.05, 0.1) is 13.3 Å². The molecule has 1 aliphatic heterocycles. The van der Waals surface area contributed by atoms with Gasteiger partial charge in [0.1, 0.15) is 0 Å². The molecule has 1 rings (SSSR count). The first-order chi connectivity index (χ1) is 4.84. The topological polar surface area (TPSA) is 44.4 Å². The summed E-state index contributed by atoms with van der Waals surface area (Å²) in [5, 5.41) is 5.99. The van der Waals surface area contributed by atoms with Gasteiger partial charge in [0, 0.05) is 6.67 Å². The second kappa shape index (κ2) is 3.34. The zero-order valence-corrected chi connectivity index (χ0v) is 5.76. The number of nitrogens with zero attached hydrogens (tertiary/aromatic N) is 1. The third kappa shape index (κ3) is 1.55. The highest BCUT2D eigenvalue weighted by Gasteiger charge is 2.11. The van der Waals surface area contributed by atoms with E-state index in [4.69, 9.17) is 0 Å². The van der Waals surface area contributed by atoms with Crippen LogP contribution in [0.25, 0.3) is 0 Å². The van der Waals surface area contributed by atoms with Crippen LogP contribution >= 0.6 is 0 Å². The number of carbonyl (C=O) groups is 1. The van der Waals surface area contributed by atoms with Gasteiger partial charge in [0.25, 0.3) is 0 Å². The maximum absolute atomic E-state index is 10.9. The second-order valence-corrected chi connectivity index (χ2v) is 2.08. The Morgan fingerprint density at radius 2 is 2.10 bits per heavy atom. The molecule has 0 bridgehead atoms. The number of hydrogen-bond acceptors (Lipinski definition) is 3. The van der Waals surface area contributed by atoms with Crippen LogP contribution in [0.5, 0.6) is 0 Å². The minimum Gasteiger partial charge on any atom is -0.314 e. The van der Waals surface area contributed by atoms with Crippen LogP contribution in [0.15, 0.2) is 12.7 Å². The lowest BCUT2D eigenvalue weighted by molar-refractivity contribution is -0.127. The van der Waals surface area contributed by atoms with Crippen LogP contribution < -0.4 is 10.6 Å². The maximum atomic E-state index is 10.9. The Hall–Kier alpha value is -0.870. The molecule has 0 saturated carbocycles. The van der Waals surface area contributed by atoms with Gasteiger partial charge in [0.15, 0.2) is 0 Å². The van der Waals surface area contributed by atoms with Crippen molar-refractivity contribution in [2.45, 2.75) is 0 Å². The molecule has 10 heavy (non-hydrogen) atoms. The fourth-order valence-corrected chi connectivity index (χ4v) is 0.811. The molecule has 1 heterocycles. The van der Waals surface area contributed by atoms with E-state index in [1.54, 1.807) is 4.90 Å². The summed E-state index contributed by atoms with van der Waals surface area (Å²) in [5.74, 6) is -0.0419. The fraction of sp³-hybridized carbons (Fsp3) is 0.500. The highest BCUT2D eigenvalue weighted by molar-refractivity contribution is 5.86. The normalized spacial score (nSPS) is 18.6. The van der Waals surface area contributed by atoms with Crippen LogP contribution in [0.2, 0.25) is 0 Å². The predicted octanol–water partition coefficient (Wildman–Crippen LogP) is -0.934. The molecule has 1 saturated heterocycles. The Morgan fingerprint density at radius 1 is 1.50 bits per heavy atom. The summed E-state index contributed by atoms with van der Waals surface area (Å²) in [6, 6.07) is 0. The van der Waals surface area contributed by atoms with Crippen molar-refractivity contribution in [2.75, 3.05) is 20.0 Å². The standard InChI is InChI=1S/C6H11N3O/c1-2-6(10)9-4-7-3-8-5-9/h2,7-8H,1,3-5H2. The quantitative estimate of drug-likeness (QED) is 0.463. The van der Waals surface area contributed by atoms with E-state index < -0.39 is 0 Å². The van der Waals surface area contributed by atoms with Crippen molar-refractivity contribution in [3.05, 3.63) is 12.7 Å². The Kier molecular flexibility index (Phi) is 2.42. The highest BCUT2D eigenvalue weighted by atomic mass is 16.2. The number of carbonyl (C=O) groups excluding carboxylic acids is 1. The summed E-state index contributed by atoms with van der Waals surface area (Å²) < 4.78 is 0. The molecule has 4 nitrogen and oxygen atoms in total. The summed E-state index contributed by atoms with van der Waals surface area (Å²) in [6.07, 6.45) is 1.31. The Labute approximate surface area is 59.9 Å². The lowest BCUT2D eigenvalue weighted by Gasteiger charge is -2.26. The van der Waals surface area contributed by atoms with Crippen LogP contribution in [0.3, 0.4) is 0 Å². The van der Waals surface area contributed by atoms with Crippen molar-refractivity contribution in [2.24, 2.45) is 0 Å². The average Bonchev–Trinajstić information content (AvgIpc) is 2.05. The predicted molar refractivity (Wildman–Crippen MR) is 37.9 cm³/mol. The van der Waals surface area contributed by atoms with Gasteiger partial charge >= 0.3 is 0 Å². The molecule has 1 amide bonds. The first kappa shape index (κ1) is 7.24. The number of hydrogen-bond donors (Lipinski definition) is 2. The second-order valence-electron chi connectivity index (χ2n) is 2.08. The van der Waals surface area contributed by atoms with Crippen LogP contribution in [0.4, 0.5) is 0 Å². The van der Waals surface area contributed by atoms with Crippen LogP contribution in [0, 0.1) is 0 Å². The molecule has 0 atom stereocenters. The number of nitrogens with one attached hydrogen (secondary N) is 2. The maximum Gasteiger partial charge on any atom is 0.248 e. The molecule has 56 valence electrons. The molecule has 0 aliphatic carbocycles. The van der Waals surface area contributed by atoms with Crippen LogP contribution in [0.1, 0.15) is 0 Å². The van der Waals surface area contributed by atoms with E-state index in [0.717, 1.165) is 6.67 Å². The lowest BCUT2D eigenvalue weighted by atomic mass is 10.5. The fourth-order valence-electron chi connectivity index (χ4n) is 0.811. The smallest absolute Gasteiger partial charge is 0.248 e. The van der Waals surface area contributed by atoms with Gasteiger partial charge < -0.3 is 4.90 Å². The van der Waals surface area contributed by atoms with E-state index >= 15 is 0 Å². The number of rotatable bonds is 1. The average molecular weight is 141 g/mol. The van der Waals surface area contributed by atoms with Gasteiger partial charge in [-0.05, 0) is 6.08 Å². The Bertz CT molecular complexity index is 140. The van der Waals surface area contributed by atoms with E-state index in [1.165, 1.54) is 6.08 Å². The first-order valence-corrected chi connectivity index (χ1v) is 3.17. The lowest BCUT2D eigenvalue weighted by Crippen LogP contribution is -2.52. The molecule has 2 N–H and O–H groups in total. The molecular formula is C6H11N3O. The van der Waals surface area contributed by atoms with Crippen LogP contribution in [-0.4, -0.2) is 30.8 Å². The van der Waals surface area contributed by atoms with Crippen molar-refractivity contribution < 1.29 is 4.79 Å². The summed E-state index contributed by atoms with van der Waals surface area (Å²) in [7, 11) is 0. The Balaban J connectivity index is 2.38. The van der Waals surface area contributed by atoms with E-state index in [9.17, 15) is 4.79 Å². The molecule has 0 aromatic rings. The van der Waals surface area contributed by atoms with Crippen molar-refractivity contribution >= 4 is 5.91 Å². The van der Waals surface area contributed by atoms with E-state index in [1.807, 2.05) is 0 Å². The molecule has 0 radical (unpaired) electrons. The molecule has 0 aromatic heterocycles. The molecule has 1 aliphatic rings. The minimum absolute atomic E-state index is 0.0419. The van der Waals surface area contributed by atoms with Crippen molar-refractivity contribution in [1.82, 2.24) is 15.5 Å². The van der Waals surface area contributed by atoms with E-state index in [-0.39, 0.29) is 5.91 Å². The van der Waals surface area contributed by atoms with Gasteiger partial charge in [-0.2, -0.15) is 0 Å². The van der Waals surface area contributed by atoms with Gasteiger partial charge in [-0.1, -0.05) is 6.58 Å². The molecule has 0 spiro atoms. The Morgan fingerprint density at radius 3 is 2.60 bits per heavy atom. The zero-order chi connectivity index (χ0) is 7.40. The summed E-state index contributed by atoms with van der Waals surface area (Å²) in [5.41, 5.74) is 0. The molecular weight excluding hydrogens is 130 g/mol. The molecule has 1 fully saturated rings. The van der Waals surface area contributed by atoms with E-state index in [0.29, 0.717) is 13.3 Å². The third-order valence-corrected chi connectivity index (χ3v) is 1.34. The van der Waals surface area contributed by atoms with Gasteiger partial charge in [-0.25, -0.2) is 0 Å². The van der Waals surface area contributed by atoms with Gasteiger partial charge in [0.2, 0.25) is 5.91 Å². The molecule has 0 aromatic carbocycles. The monoisotopic (exact) mass is 141 g/mol. The molecule has 4 heteroatoms. The molecule has 0 unspecified atom stereocenters. The van der Waals surface area contributed by atoms with Crippen molar-refractivity contribution in [1.29, 1.82) is 0 Å². The SMILES string of the molecule is C=CC(=O)N1CNCNC1. The summed E-state index contributed by atoms with van der Waals surface area (Å²) in [4.78, 5) is 12.5. The largest absolute Gasteiger partial charge is 0.314 e. The van der Waals surface area contributed by atoms with E-state index in [2.05, 4.69) is 17.2 Å². The third-order valence-electron chi connectivity index (χ3n) is 1.34. The van der Waals surface area contributed by atoms with Gasteiger partial charge in [-0.3, -0.25) is 15.4 Å². The first-order valence-electron chi connectivity index (χ1n) is 3.17.